The molecule has 1 N–H and O–H groups in total. The van der Waals surface area contributed by atoms with Crippen molar-refractivity contribution in [2.75, 3.05) is 12.4 Å². The predicted molar refractivity (Wildman–Crippen MR) is 108 cm³/mol. The zero-order valence-corrected chi connectivity index (χ0v) is 17.1. The standard InChI is InChI=1S/C19H16Cl2N2O4S/c1-23(12-15-3-2-10-27-15)28(25,26)16-7-4-13(5-8-16)19(24)22-18-11-14(20)6-9-17(18)21/h2-11H,12H2,1H3,(H,22,24). The molecule has 28 heavy (non-hydrogen) atoms. The molecule has 9 heteroatoms. The lowest BCUT2D eigenvalue weighted by atomic mass is 10.2. The van der Waals surface area contributed by atoms with Crippen molar-refractivity contribution >= 4 is 44.8 Å². The molecular weight excluding hydrogens is 423 g/mol. The van der Waals surface area contributed by atoms with E-state index in [4.69, 9.17) is 27.6 Å². The summed E-state index contributed by atoms with van der Waals surface area (Å²) in [5, 5.41) is 3.43. The summed E-state index contributed by atoms with van der Waals surface area (Å²) in [4.78, 5) is 12.5. The van der Waals surface area contributed by atoms with Crippen LogP contribution in [-0.2, 0) is 16.6 Å². The molecule has 0 spiro atoms. The maximum Gasteiger partial charge on any atom is 0.255 e. The molecule has 6 nitrogen and oxygen atoms in total. The van der Waals surface area contributed by atoms with Gasteiger partial charge in [-0.2, -0.15) is 4.31 Å². The summed E-state index contributed by atoms with van der Waals surface area (Å²) in [6.07, 6.45) is 1.48. The molecule has 0 aliphatic carbocycles. The van der Waals surface area contributed by atoms with Crippen LogP contribution in [0.25, 0.3) is 0 Å². The fourth-order valence-corrected chi connectivity index (χ4v) is 3.93. The Morgan fingerprint density at radius 1 is 1.11 bits per heavy atom. The first kappa shape index (κ1) is 20.4. The molecule has 0 unspecified atom stereocenters. The number of sulfonamides is 1. The molecule has 0 atom stereocenters. The van der Waals surface area contributed by atoms with E-state index in [9.17, 15) is 13.2 Å². The first-order valence-electron chi connectivity index (χ1n) is 8.12. The minimum atomic E-state index is -3.73. The zero-order valence-electron chi connectivity index (χ0n) is 14.7. The molecular formula is C19H16Cl2N2O4S. The summed E-state index contributed by atoms with van der Waals surface area (Å²) in [5.74, 6) is 0.0949. The van der Waals surface area contributed by atoms with E-state index >= 15 is 0 Å². The van der Waals surface area contributed by atoms with Crippen molar-refractivity contribution in [2.45, 2.75) is 11.4 Å². The number of hydrogen-bond donors (Lipinski definition) is 1. The van der Waals surface area contributed by atoms with Gasteiger partial charge in [-0.3, -0.25) is 4.79 Å². The maximum absolute atomic E-state index is 12.7. The van der Waals surface area contributed by atoms with Gasteiger partial charge >= 0.3 is 0 Å². The molecule has 0 bridgehead atoms. The normalized spacial score (nSPS) is 11.6. The van der Waals surface area contributed by atoms with Gasteiger partial charge in [-0.05, 0) is 54.6 Å². The lowest BCUT2D eigenvalue weighted by molar-refractivity contribution is 0.102. The lowest BCUT2D eigenvalue weighted by Crippen LogP contribution is -2.26. The van der Waals surface area contributed by atoms with Crippen molar-refractivity contribution in [3.05, 3.63) is 82.2 Å². The highest BCUT2D eigenvalue weighted by atomic mass is 35.5. The molecule has 0 radical (unpaired) electrons. The van der Waals surface area contributed by atoms with E-state index in [1.807, 2.05) is 0 Å². The minimum Gasteiger partial charge on any atom is -0.468 e. The number of rotatable bonds is 6. The van der Waals surface area contributed by atoms with Crippen LogP contribution in [0.15, 0.2) is 70.2 Å². The van der Waals surface area contributed by atoms with Gasteiger partial charge in [0.25, 0.3) is 5.91 Å². The molecule has 1 amide bonds. The monoisotopic (exact) mass is 438 g/mol. The number of furan rings is 1. The number of anilines is 1. The topological polar surface area (TPSA) is 79.6 Å². The van der Waals surface area contributed by atoms with Gasteiger partial charge in [0.15, 0.2) is 0 Å². The summed E-state index contributed by atoms with van der Waals surface area (Å²) < 4.78 is 31.7. The van der Waals surface area contributed by atoms with Crippen molar-refractivity contribution in [1.82, 2.24) is 4.31 Å². The number of carbonyl (C=O) groups excluding carboxylic acids is 1. The Morgan fingerprint density at radius 3 is 2.46 bits per heavy atom. The predicted octanol–water partition coefficient (Wildman–Crippen LogP) is 4.66. The second-order valence-corrected chi connectivity index (χ2v) is 8.83. The molecule has 0 saturated carbocycles. The van der Waals surface area contributed by atoms with E-state index in [-0.39, 0.29) is 17.0 Å². The first-order valence-corrected chi connectivity index (χ1v) is 10.3. The van der Waals surface area contributed by atoms with E-state index in [0.717, 1.165) is 0 Å². The van der Waals surface area contributed by atoms with Gasteiger partial charge < -0.3 is 9.73 Å². The van der Waals surface area contributed by atoms with E-state index in [1.54, 1.807) is 24.3 Å². The Bertz CT molecular complexity index is 1080. The third-order valence-corrected chi connectivity index (χ3v) is 6.34. The van der Waals surface area contributed by atoms with Crippen molar-refractivity contribution in [3.8, 4) is 0 Å². The van der Waals surface area contributed by atoms with Crippen LogP contribution in [0, 0.1) is 0 Å². The molecule has 3 aromatic rings. The van der Waals surface area contributed by atoms with Gasteiger partial charge in [-0.15, -0.1) is 0 Å². The number of halogens is 2. The van der Waals surface area contributed by atoms with Crippen LogP contribution in [0.1, 0.15) is 16.1 Å². The quantitative estimate of drug-likeness (QED) is 0.606. The van der Waals surface area contributed by atoms with Gasteiger partial charge in [-0.25, -0.2) is 8.42 Å². The zero-order chi connectivity index (χ0) is 20.3. The van der Waals surface area contributed by atoms with Crippen molar-refractivity contribution in [2.24, 2.45) is 0 Å². The van der Waals surface area contributed by atoms with Crippen LogP contribution in [-0.4, -0.2) is 25.7 Å². The number of nitrogens with one attached hydrogen (secondary N) is 1. The van der Waals surface area contributed by atoms with E-state index in [2.05, 4.69) is 5.32 Å². The summed E-state index contributed by atoms with van der Waals surface area (Å²) in [6, 6.07) is 13.7. The minimum absolute atomic E-state index is 0.0684. The van der Waals surface area contributed by atoms with E-state index < -0.39 is 15.9 Å². The summed E-state index contributed by atoms with van der Waals surface area (Å²) >= 11 is 11.9. The maximum atomic E-state index is 12.7. The number of benzene rings is 2. The van der Waals surface area contributed by atoms with Crippen molar-refractivity contribution < 1.29 is 17.6 Å². The second-order valence-electron chi connectivity index (χ2n) is 5.94. The van der Waals surface area contributed by atoms with Gasteiger partial charge in [0, 0.05) is 17.6 Å². The average molecular weight is 439 g/mol. The van der Waals surface area contributed by atoms with E-state index in [0.29, 0.717) is 21.5 Å². The molecule has 1 heterocycles. The van der Waals surface area contributed by atoms with Gasteiger partial charge in [0.05, 0.1) is 28.4 Å². The second kappa shape index (κ2) is 8.36. The Kier molecular flexibility index (Phi) is 6.10. The van der Waals surface area contributed by atoms with Crippen LogP contribution in [0.2, 0.25) is 10.0 Å². The molecule has 2 aromatic carbocycles. The fraction of sp³-hybridized carbons (Fsp3) is 0.105. The molecule has 1 aromatic heterocycles. The highest BCUT2D eigenvalue weighted by Crippen LogP contribution is 2.26. The fourth-order valence-electron chi connectivity index (χ4n) is 2.45. The van der Waals surface area contributed by atoms with Gasteiger partial charge in [-0.1, -0.05) is 23.2 Å². The Balaban J connectivity index is 1.75. The summed E-state index contributed by atoms with van der Waals surface area (Å²) in [5.41, 5.74) is 0.651. The number of hydrogen-bond acceptors (Lipinski definition) is 4. The SMILES string of the molecule is CN(Cc1ccco1)S(=O)(=O)c1ccc(C(=O)Nc2cc(Cl)ccc2Cl)cc1. The van der Waals surface area contributed by atoms with Crippen LogP contribution >= 0.6 is 23.2 Å². The van der Waals surface area contributed by atoms with Crippen molar-refractivity contribution in [1.29, 1.82) is 0 Å². The Labute approximate surface area is 172 Å². The Hall–Kier alpha value is -2.32. The lowest BCUT2D eigenvalue weighted by Gasteiger charge is -2.16. The smallest absolute Gasteiger partial charge is 0.255 e. The van der Waals surface area contributed by atoms with E-state index in [1.165, 1.54) is 47.9 Å². The van der Waals surface area contributed by atoms with Gasteiger partial charge in [0.1, 0.15) is 5.76 Å². The molecule has 3 rings (SSSR count). The highest BCUT2D eigenvalue weighted by Gasteiger charge is 2.22. The first-order chi connectivity index (χ1) is 13.3. The molecule has 146 valence electrons. The molecule has 0 aliphatic rings. The molecule has 0 fully saturated rings. The molecule has 0 aliphatic heterocycles. The van der Waals surface area contributed by atoms with Crippen LogP contribution in [0.3, 0.4) is 0 Å². The third-order valence-electron chi connectivity index (χ3n) is 3.96. The van der Waals surface area contributed by atoms with Crippen LogP contribution in [0.5, 0.6) is 0 Å². The van der Waals surface area contributed by atoms with Crippen LogP contribution in [0.4, 0.5) is 5.69 Å². The number of nitrogens with zero attached hydrogens (tertiary/aromatic N) is 1. The average Bonchev–Trinajstić information content (AvgIpc) is 3.17. The number of amides is 1. The highest BCUT2D eigenvalue weighted by molar-refractivity contribution is 7.89. The van der Waals surface area contributed by atoms with Gasteiger partial charge in [0.2, 0.25) is 10.0 Å². The third kappa shape index (κ3) is 4.56. The molecule has 0 saturated heterocycles. The Morgan fingerprint density at radius 2 is 1.82 bits per heavy atom. The van der Waals surface area contributed by atoms with Crippen molar-refractivity contribution in [3.63, 3.8) is 0 Å². The van der Waals surface area contributed by atoms with Crippen LogP contribution < -0.4 is 5.32 Å². The summed E-state index contributed by atoms with van der Waals surface area (Å²) in [7, 11) is -2.27. The largest absolute Gasteiger partial charge is 0.468 e. The summed E-state index contributed by atoms with van der Waals surface area (Å²) in [6.45, 7) is 0.102. The number of carbonyl (C=O) groups is 1.